The number of halogens is 2. The highest BCUT2D eigenvalue weighted by atomic mass is 35.5. The minimum Gasteiger partial charge on any atom is -0.497 e. The van der Waals surface area contributed by atoms with Gasteiger partial charge in [0, 0.05) is 17.2 Å². The lowest BCUT2D eigenvalue weighted by Crippen LogP contribution is -2.21. The molecule has 0 aliphatic carbocycles. The number of nitrogens with zero attached hydrogens (tertiary/aromatic N) is 1. The summed E-state index contributed by atoms with van der Waals surface area (Å²) >= 11 is 5.67. The Kier molecular flexibility index (Phi) is 6.07. The minimum absolute atomic E-state index is 0.115. The first-order chi connectivity index (χ1) is 12.3. The number of methoxy groups -OCH3 is 1. The van der Waals surface area contributed by atoms with Crippen molar-refractivity contribution in [3.63, 3.8) is 0 Å². The molecular weight excluding hydrogens is 371 g/mol. The fourth-order valence-electron chi connectivity index (χ4n) is 1.95. The predicted octanol–water partition coefficient (Wildman–Crippen LogP) is 3.19. The maximum atomic E-state index is 13.8. The van der Waals surface area contributed by atoms with Crippen LogP contribution in [-0.2, 0) is 9.53 Å². The van der Waals surface area contributed by atoms with Gasteiger partial charge in [-0.1, -0.05) is 11.6 Å². The minimum atomic E-state index is -1.06. The lowest BCUT2D eigenvalue weighted by molar-refractivity contribution is -0.383. The third-order valence-corrected chi connectivity index (χ3v) is 3.40. The normalized spacial score (nSPS) is 10.1. The van der Waals surface area contributed by atoms with Gasteiger partial charge in [-0.25, -0.2) is 9.18 Å². The molecule has 8 nitrogen and oxygen atoms in total. The second-order valence-electron chi connectivity index (χ2n) is 4.89. The van der Waals surface area contributed by atoms with Crippen LogP contribution in [0.1, 0.15) is 10.4 Å². The van der Waals surface area contributed by atoms with Crippen LogP contribution in [0.2, 0.25) is 5.02 Å². The van der Waals surface area contributed by atoms with Gasteiger partial charge in [-0.2, -0.15) is 0 Å². The molecule has 0 spiro atoms. The summed E-state index contributed by atoms with van der Waals surface area (Å²) in [7, 11) is 1.34. The smallest absolute Gasteiger partial charge is 0.341 e. The highest BCUT2D eigenvalue weighted by Gasteiger charge is 2.19. The number of anilines is 1. The van der Waals surface area contributed by atoms with E-state index in [2.05, 4.69) is 5.32 Å². The quantitative estimate of drug-likeness (QED) is 0.467. The molecular formula is C16H12ClFN2O6. The number of hydrogen-bond acceptors (Lipinski definition) is 6. The molecule has 2 aromatic carbocycles. The topological polar surface area (TPSA) is 108 Å². The summed E-state index contributed by atoms with van der Waals surface area (Å²) < 4.78 is 23.3. The molecule has 26 heavy (non-hydrogen) atoms. The van der Waals surface area contributed by atoms with Gasteiger partial charge in [0.1, 0.15) is 17.3 Å². The van der Waals surface area contributed by atoms with Gasteiger partial charge in [-0.05, 0) is 24.3 Å². The molecule has 10 heteroatoms. The summed E-state index contributed by atoms with van der Waals surface area (Å²) in [5.74, 6) is -2.56. The van der Waals surface area contributed by atoms with E-state index in [0.717, 1.165) is 18.2 Å². The molecule has 0 unspecified atom stereocenters. The maximum Gasteiger partial charge on any atom is 0.341 e. The molecule has 2 aromatic rings. The molecule has 0 bridgehead atoms. The van der Waals surface area contributed by atoms with Crippen molar-refractivity contribution in [2.45, 2.75) is 0 Å². The van der Waals surface area contributed by atoms with E-state index in [1.807, 2.05) is 0 Å². The highest BCUT2D eigenvalue weighted by Crippen LogP contribution is 2.27. The van der Waals surface area contributed by atoms with E-state index in [9.17, 15) is 24.1 Å². The zero-order valence-electron chi connectivity index (χ0n) is 13.3. The molecule has 1 N–H and O–H groups in total. The molecule has 0 atom stereocenters. The Labute approximate surface area is 151 Å². The zero-order valence-corrected chi connectivity index (χ0v) is 14.1. The van der Waals surface area contributed by atoms with Crippen molar-refractivity contribution in [3.8, 4) is 5.75 Å². The number of benzene rings is 2. The van der Waals surface area contributed by atoms with Gasteiger partial charge >= 0.3 is 5.97 Å². The van der Waals surface area contributed by atoms with E-state index < -0.39 is 34.9 Å². The van der Waals surface area contributed by atoms with Crippen LogP contribution in [0, 0.1) is 15.9 Å². The number of hydrogen-bond donors (Lipinski definition) is 1. The molecule has 0 heterocycles. The first-order valence-electron chi connectivity index (χ1n) is 7.06. The third-order valence-electron chi connectivity index (χ3n) is 3.16. The molecule has 0 aromatic heterocycles. The standard InChI is InChI=1S/C16H12ClFN2O6/c1-25-10-3-4-11(12(18)7-10)16(22)26-8-15(21)19-13-5-2-9(17)6-14(13)20(23)24/h2-7H,8H2,1H3,(H,19,21). The van der Waals surface area contributed by atoms with Crippen LogP contribution < -0.4 is 10.1 Å². The van der Waals surface area contributed by atoms with Crippen LogP contribution >= 0.6 is 11.6 Å². The van der Waals surface area contributed by atoms with Gasteiger partial charge in [0.15, 0.2) is 6.61 Å². The van der Waals surface area contributed by atoms with Crippen molar-refractivity contribution >= 4 is 34.9 Å². The summed E-state index contributed by atoms with van der Waals surface area (Å²) in [5, 5.41) is 13.3. The second-order valence-corrected chi connectivity index (χ2v) is 5.33. The van der Waals surface area contributed by atoms with Crippen LogP contribution in [0.5, 0.6) is 5.75 Å². The van der Waals surface area contributed by atoms with Gasteiger partial charge in [0.05, 0.1) is 17.6 Å². The molecule has 0 aliphatic heterocycles. The number of nitrogens with one attached hydrogen (secondary N) is 1. The SMILES string of the molecule is COc1ccc(C(=O)OCC(=O)Nc2ccc(Cl)cc2[N+](=O)[O-])c(F)c1. The monoisotopic (exact) mass is 382 g/mol. The summed E-state index contributed by atoms with van der Waals surface area (Å²) in [6, 6.07) is 7.16. The maximum absolute atomic E-state index is 13.8. The number of amides is 1. The lowest BCUT2D eigenvalue weighted by Gasteiger charge is -2.08. The fraction of sp³-hybridized carbons (Fsp3) is 0.125. The average molecular weight is 383 g/mol. The van der Waals surface area contributed by atoms with Crippen LogP contribution in [0.4, 0.5) is 15.8 Å². The van der Waals surface area contributed by atoms with Crippen LogP contribution in [-0.4, -0.2) is 30.5 Å². The molecule has 0 radical (unpaired) electrons. The van der Waals surface area contributed by atoms with E-state index in [0.29, 0.717) is 0 Å². The number of rotatable bonds is 6. The first-order valence-corrected chi connectivity index (χ1v) is 7.44. The van der Waals surface area contributed by atoms with Crippen molar-refractivity contribution in [2.24, 2.45) is 0 Å². The van der Waals surface area contributed by atoms with Gasteiger partial charge in [-0.3, -0.25) is 14.9 Å². The van der Waals surface area contributed by atoms with Crippen molar-refractivity contribution < 1.29 is 28.4 Å². The van der Waals surface area contributed by atoms with E-state index in [4.69, 9.17) is 21.1 Å². The van der Waals surface area contributed by atoms with E-state index in [1.54, 1.807) is 0 Å². The van der Waals surface area contributed by atoms with Crippen LogP contribution in [0.15, 0.2) is 36.4 Å². The first kappa shape index (κ1) is 19.1. The molecule has 0 saturated carbocycles. The summed E-state index contributed by atoms with van der Waals surface area (Å²) in [5.41, 5.74) is -0.912. The Balaban J connectivity index is 2.01. The largest absolute Gasteiger partial charge is 0.497 e. The molecule has 0 saturated heterocycles. The number of nitro benzene ring substituents is 1. The van der Waals surface area contributed by atoms with E-state index in [-0.39, 0.29) is 22.0 Å². The number of carbonyl (C=O) groups excluding carboxylic acids is 2. The number of ether oxygens (including phenoxy) is 2. The van der Waals surface area contributed by atoms with Crippen molar-refractivity contribution in [2.75, 3.05) is 19.0 Å². The molecule has 0 aliphatic rings. The van der Waals surface area contributed by atoms with Crippen molar-refractivity contribution in [3.05, 3.63) is 62.9 Å². The summed E-state index contributed by atoms with van der Waals surface area (Å²) in [4.78, 5) is 33.9. The third kappa shape index (κ3) is 4.67. The van der Waals surface area contributed by atoms with Crippen molar-refractivity contribution in [1.29, 1.82) is 0 Å². The molecule has 0 fully saturated rings. The predicted molar refractivity (Wildman–Crippen MR) is 90.0 cm³/mol. The second kappa shape index (κ2) is 8.26. The molecule has 2 rings (SSSR count). The Bertz CT molecular complexity index is 874. The van der Waals surface area contributed by atoms with Crippen LogP contribution in [0.3, 0.4) is 0 Å². The summed E-state index contributed by atoms with van der Waals surface area (Å²) in [6.45, 7) is -0.760. The Morgan fingerprint density at radius 2 is 2.00 bits per heavy atom. The van der Waals surface area contributed by atoms with Gasteiger partial charge in [0.25, 0.3) is 11.6 Å². The van der Waals surface area contributed by atoms with E-state index in [1.165, 1.54) is 25.3 Å². The van der Waals surface area contributed by atoms with E-state index >= 15 is 0 Å². The molecule has 1 amide bonds. The lowest BCUT2D eigenvalue weighted by atomic mass is 10.2. The summed E-state index contributed by atoms with van der Waals surface area (Å²) in [6.07, 6.45) is 0. The Morgan fingerprint density at radius 1 is 1.27 bits per heavy atom. The number of carbonyl (C=O) groups is 2. The average Bonchev–Trinajstić information content (AvgIpc) is 2.60. The van der Waals surface area contributed by atoms with Gasteiger partial charge < -0.3 is 14.8 Å². The van der Waals surface area contributed by atoms with Gasteiger partial charge in [-0.15, -0.1) is 0 Å². The number of nitro groups is 1. The van der Waals surface area contributed by atoms with Crippen molar-refractivity contribution in [1.82, 2.24) is 0 Å². The zero-order chi connectivity index (χ0) is 19.3. The van der Waals surface area contributed by atoms with Crippen LogP contribution in [0.25, 0.3) is 0 Å². The fourth-order valence-corrected chi connectivity index (χ4v) is 2.11. The Hall–Kier alpha value is -3.20. The Morgan fingerprint density at radius 3 is 2.62 bits per heavy atom. The number of esters is 1. The molecule has 136 valence electrons. The van der Waals surface area contributed by atoms with Gasteiger partial charge in [0.2, 0.25) is 0 Å². The highest BCUT2D eigenvalue weighted by molar-refractivity contribution is 6.31.